The van der Waals surface area contributed by atoms with Gasteiger partial charge in [-0.05, 0) is 37.7 Å². The number of ketones is 1. The number of hydrogen-bond acceptors (Lipinski definition) is 2. The van der Waals surface area contributed by atoms with Gasteiger partial charge in [-0.25, -0.2) is 0 Å². The largest absolute Gasteiger partial charge is 0.294 e. The van der Waals surface area contributed by atoms with E-state index >= 15 is 0 Å². The number of hydrogen-bond donors (Lipinski definition) is 0. The molecule has 92 valence electrons. The first-order valence-corrected chi connectivity index (χ1v) is 6.74. The average molecular weight is 252 g/mol. The molecule has 0 unspecified atom stereocenters. The third kappa shape index (κ3) is 2.86. The molecule has 0 N–H and O–H groups in total. The Morgan fingerprint density at radius 3 is 2.71 bits per heavy atom. The summed E-state index contributed by atoms with van der Waals surface area (Å²) in [6.07, 6.45) is 8.79. The molecule has 1 aliphatic rings. The van der Waals surface area contributed by atoms with Crippen molar-refractivity contribution >= 4 is 17.4 Å². The molecule has 17 heavy (non-hydrogen) atoms. The zero-order chi connectivity index (χ0) is 12.3. The van der Waals surface area contributed by atoms with E-state index < -0.39 is 0 Å². The highest BCUT2D eigenvalue weighted by atomic mass is 35.5. The number of halogens is 1. The van der Waals surface area contributed by atoms with Crippen molar-refractivity contribution in [3.8, 4) is 0 Å². The Morgan fingerprint density at radius 1 is 1.41 bits per heavy atom. The fourth-order valence-corrected chi connectivity index (χ4v) is 2.84. The molecule has 1 fully saturated rings. The van der Waals surface area contributed by atoms with Gasteiger partial charge in [-0.3, -0.25) is 9.78 Å². The minimum absolute atomic E-state index is 0.165. The minimum Gasteiger partial charge on any atom is -0.294 e. The molecule has 3 heteroatoms. The van der Waals surface area contributed by atoms with Crippen molar-refractivity contribution in [2.45, 2.75) is 39.0 Å². The van der Waals surface area contributed by atoms with Crippen LogP contribution in [-0.2, 0) is 0 Å². The average Bonchev–Trinajstić information content (AvgIpc) is 2.39. The van der Waals surface area contributed by atoms with Crippen molar-refractivity contribution in [2.24, 2.45) is 11.8 Å². The first-order chi connectivity index (χ1) is 8.22. The van der Waals surface area contributed by atoms with Crippen molar-refractivity contribution in [3.63, 3.8) is 0 Å². The van der Waals surface area contributed by atoms with Crippen molar-refractivity contribution < 1.29 is 4.79 Å². The predicted molar refractivity (Wildman–Crippen MR) is 69.3 cm³/mol. The van der Waals surface area contributed by atoms with Gasteiger partial charge in [0.1, 0.15) is 0 Å². The lowest BCUT2D eigenvalue weighted by atomic mass is 9.78. The van der Waals surface area contributed by atoms with Crippen LogP contribution in [0.2, 0.25) is 5.02 Å². The van der Waals surface area contributed by atoms with Gasteiger partial charge >= 0.3 is 0 Å². The van der Waals surface area contributed by atoms with Gasteiger partial charge in [0.15, 0.2) is 5.78 Å². The third-order valence-electron chi connectivity index (χ3n) is 3.83. The van der Waals surface area contributed by atoms with Crippen LogP contribution in [0.5, 0.6) is 0 Å². The lowest BCUT2D eigenvalue weighted by Gasteiger charge is -2.26. The van der Waals surface area contributed by atoms with E-state index in [-0.39, 0.29) is 11.7 Å². The Labute approximate surface area is 107 Å². The summed E-state index contributed by atoms with van der Waals surface area (Å²) in [6.45, 7) is 2.23. The van der Waals surface area contributed by atoms with E-state index in [0.717, 1.165) is 18.8 Å². The maximum absolute atomic E-state index is 12.3. The molecule has 0 aliphatic heterocycles. The van der Waals surface area contributed by atoms with Crippen LogP contribution in [0.4, 0.5) is 0 Å². The Morgan fingerprint density at radius 2 is 2.12 bits per heavy atom. The van der Waals surface area contributed by atoms with E-state index in [4.69, 9.17) is 11.6 Å². The molecule has 0 radical (unpaired) electrons. The SMILES string of the molecule is CCC1CCC(C(=O)c2ccncc2Cl)CC1. The molecule has 0 bridgehead atoms. The summed E-state index contributed by atoms with van der Waals surface area (Å²) in [7, 11) is 0. The maximum atomic E-state index is 12.3. The van der Waals surface area contributed by atoms with Gasteiger partial charge in [-0.1, -0.05) is 24.9 Å². The normalized spacial score (nSPS) is 24.6. The topological polar surface area (TPSA) is 30.0 Å². The summed E-state index contributed by atoms with van der Waals surface area (Å²) >= 11 is 6.01. The van der Waals surface area contributed by atoms with E-state index in [2.05, 4.69) is 11.9 Å². The van der Waals surface area contributed by atoms with Crippen molar-refractivity contribution in [1.29, 1.82) is 0 Å². The Hall–Kier alpha value is -0.890. The second-order valence-electron chi connectivity index (χ2n) is 4.85. The van der Waals surface area contributed by atoms with Gasteiger partial charge < -0.3 is 0 Å². The van der Waals surface area contributed by atoms with Gasteiger partial charge in [-0.2, -0.15) is 0 Å². The van der Waals surface area contributed by atoms with Crippen LogP contribution in [-0.4, -0.2) is 10.8 Å². The smallest absolute Gasteiger partial charge is 0.167 e. The summed E-state index contributed by atoms with van der Waals surface area (Å²) in [6, 6.07) is 1.73. The fourth-order valence-electron chi connectivity index (χ4n) is 2.63. The Kier molecular flexibility index (Phi) is 4.16. The standard InChI is InChI=1S/C14H18ClNO/c1-2-10-3-5-11(6-4-10)14(17)12-7-8-16-9-13(12)15/h7-11H,2-6H2,1H3. The quantitative estimate of drug-likeness (QED) is 0.756. The molecule has 1 aliphatic carbocycles. The number of rotatable bonds is 3. The first-order valence-electron chi connectivity index (χ1n) is 6.36. The lowest BCUT2D eigenvalue weighted by Crippen LogP contribution is -2.22. The van der Waals surface area contributed by atoms with E-state index in [1.807, 2.05) is 0 Å². The summed E-state index contributed by atoms with van der Waals surface area (Å²) in [5, 5.41) is 0.482. The van der Waals surface area contributed by atoms with E-state index in [0.29, 0.717) is 10.6 Å². The molecule has 1 saturated carbocycles. The summed E-state index contributed by atoms with van der Waals surface area (Å²) in [5.74, 6) is 1.18. The molecule has 2 nitrogen and oxygen atoms in total. The second-order valence-corrected chi connectivity index (χ2v) is 5.25. The molecule has 1 heterocycles. The third-order valence-corrected chi connectivity index (χ3v) is 4.13. The molecule has 1 aromatic heterocycles. The molecule has 2 rings (SSSR count). The number of carbonyl (C=O) groups is 1. The number of aromatic nitrogens is 1. The summed E-state index contributed by atoms with van der Waals surface area (Å²) in [5.41, 5.74) is 0.640. The van der Waals surface area contributed by atoms with Crippen molar-refractivity contribution in [2.75, 3.05) is 0 Å². The molecule has 0 atom stereocenters. The highest BCUT2D eigenvalue weighted by Crippen LogP contribution is 2.33. The van der Waals surface area contributed by atoms with Crippen molar-refractivity contribution in [1.82, 2.24) is 4.98 Å². The highest BCUT2D eigenvalue weighted by Gasteiger charge is 2.27. The van der Waals surface area contributed by atoms with Gasteiger partial charge in [0.05, 0.1) is 5.02 Å². The van der Waals surface area contributed by atoms with Gasteiger partial charge in [0.2, 0.25) is 0 Å². The molecule has 0 amide bonds. The van der Waals surface area contributed by atoms with Crippen LogP contribution in [0.3, 0.4) is 0 Å². The zero-order valence-electron chi connectivity index (χ0n) is 10.2. The van der Waals surface area contributed by atoms with Gasteiger partial charge in [-0.15, -0.1) is 0 Å². The Balaban J connectivity index is 2.04. The van der Waals surface area contributed by atoms with Crippen LogP contribution in [0.1, 0.15) is 49.4 Å². The predicted octanol–water partition coefficient (Wildman–Crippen LogP) is 4.13. The van der Waals surface area contributed by atoms with Crippen LogP contribution < -0.4 is 0 Å². The molecule has 0 saturated heterocycles. The van der Waals surface area contributed by atoms with E-state index in [9.17, 15) is 4.79 Å². The molecule has 0 spiro atoms. The fraction of sp³-hybridized carbons (Fsp3) is 0.571. The number of Topliss-reactive ketones (excluding diaryl/α,β-unsaturated/α-hetero) is 1. The maximum Gasteiger partial charge on any atom is 0.167 e. The van der Waals surface area contributed by atoms with E-state index in [1.165, 1.54) is 19.3 Å². The van der Waals surface area contributed by atoms with Gasteiger partial charge in [0.25, 0.3) is 0 Å². The van der Waals surface area contributed by atoms with Gasteiger partial charge in [0, 0.05) is 23.9 Å². The van der Waals surface area contributed by atoms with Crippen molar-refractivity contribution in [3.05, 3.63) is 29.0 Å². The first kappa shape index (κ1) is 12.6. The zero-order valence-corrected chi connectivity index (χ0v) is 10.9. The Bertz CT molecular complexity index is 397. The summed E-state index contributed by atoms with van der Waals surface area (Å²) in [4.78, 5) is 16.2. The van der Waals surface area contributed by atoms with Crippen LogP contribution in [0, 0.1) is 11.8 Å². The molecular weight excluding hydrogens is 234 g/mol. The number of pyridine rings is 1. The summed E-state index contributed by atoms with van der Waals surface area (Å²) < 4.78 is 0. The van der Waals surface area contributed by atoms with Crippen LogP contribution in [0.15, 0.2) is 18.5 Å². The number of carbonyl (C=O) groups excluding carboxylic acids is 1. The molecule has 1 aromatic rings. The minimum atomic E-state index is 0.165. The number of nitrogens with zero attached hydrogens (tertiary/aromatic N) is 1. The molecule has 0 aromatic carbocycles. The van der Waals surface area contributed by atoms with Crippen LogP contribution in [0.25, 0.3) is 0 Å². The second kappa shape index (κ2) is 5.63. The highest BCUT2D eigenvalue weighted by molar-refractivity contribution is 6.33. The van der Waals surface area contributed by atoms with Crippen LogP contribution >= 0.6 is 11.6 Å². The van der Waals surface area contributed by atoms with E-state index in [1.54, 1.807) is 18.5 Å². The lowest BCUT2D eigenvalue weighted by molar-refractivity contribution is 0.0871. The molecular formula is C14H18ClNO. The monoisotopic (exact) mass is 251 g/mol.